The molecule has 1 aromatic heterocycles. The second-order valence-electron chi connectivity index (χ2n) is 7.60. The largest absolute Gasteiger partial charge is 0.396 e. The molecule has 1 atom stereocenters. The van der Waals surface area contributed by atoms with Gasteiger partial charge in [0, 0.05) is 63.2 Å². The van der Waals surface area contributed by atoms with Crippen LogP contribution in [0, 0.1) is 18.6 Å². The van der Waals surface area contributed by atoms with E-state index in [4.69, 9.17) is 0 Å². The van der Waals surface area contributed by atoms with Crippen LogP contribution in [-0.4, -0.2) is 57.0 Å². The predicted octanol–water partition coefficient (Wildman–Crippen LogP) is 2.95. The first-order chi connectivity index (χ1) is 13.5. The number of hydrogen-bond donors (Lipinski definition) is 1. The van der Waals surface area contributed by atoms with E-state index in [9.17, 15) is 13.9 Å². The molecule has 1 fully saturated rings. The Morgan fingerprint density at radius 2 is 2.00 bits per heavy atom. The van der Waals surface area contributed by atoms with Crippen LogP contribution in [0.4, 0.5) is 8.78 Å². The lowest BCUT2D eigenvalue weighted by Gasteiger charge is -2.41. The molecule has 5 nitrogen and oxygen atoms in total. The van der Waals surface area contributed by atoms with Crippen molar-refractivity contribution >= 4 is 0 Å². The number of rotatable bonds is 8. The fourth-order valence-electron chi connectivity index (χ4n) is 3.92. The Morgan fingerprint density at radius 1 is 1.18 bits per heavy atom. The summed E-state index contributed by atoms with van der Waals surface area (Å²) in [6, 6.07) is 4.26. The van der Waals surface area contributed by atoms with E-state index >= 15 is 0 Å². The lowest BCUT2D eigenvalue weighted by atomic mass is 10.1. The van der Waals surface area contributed by atoms with Crippen molar-refractivity contribution in [2.75, 3.05) is 26.2 Å². The van der Waals surface area contributed by atoms with Gasteiger partial charge in [0.15, 0.2) is 11.6 Å². The van der Waals surface area contributed by atoms with Crippen molar-refractivity contribution in [1.82, 2.24) is 19.6 Å². The van der Waals surface area contributed by atoms with Crippen LogP contribution in [-0.2, 0) is 19.6 Å². The molecule has 28 heavy (non-hydrogen) atoms. The Balaban J connectivity index is 1.64. The van der Waals surface area contributed by atoms with E-state index in [1.165, 1.54) is 23.4 Å². The minimum atomic E-state index is -0.820. The molecule has 1 N–H and O–H groups in total. The molecule has 1 saturated heterocycles. The first kappa shape index (κ1) is 20.9. The molecule has 1 aliphatic rings. The molecular weight excluding hydrogens is 362 g/mol. The summed E-state index contributed by atoms with van der Waals surface area (Å²) in [6.45, 7) is 9.26. The van der Waals surface area contributed by atoms with Gasteiger partial charge >= 0.3 is 0 Å². The first-order valence-electron chi connectivity index (χ1n) is 10.0. The minimum Gasteiger partial charge on any atom is -0.396 e. The van der Waals surface area contributed by atoms with Crippen LogP contribution in [0.1, 0.15) is 36.6 Å². The van der Waals surface area contributed by atoms with E-state index in [1.54, 1.807) is 6.07 Å². The molecule has 2 heterocycles. The summed E-state index contributed by atoms with van der Waals surface area (Å²) in [5, 5.41) is 14.0. The quantitative estimate of drug-likeness (QED) is 0.750. The monoisotopic (exact) mass is 392 g/mol. The van der Waals surface area contributed by atoms with Gasteiger partial charge in [-0.15, -0.1) is 0 Å². The molecular formula is C21H30F2N4O. The molecule has 7 heteroatoms. The average Bonchev–Trinajstić information content (AvgIpc) is 3.01. The van der Waals surface area contributed by atoms with Crippen LogP contribution in [0.2, 0.25) is 0 Å². The maximum atomic E-state index is 13.5. The van der Waals surface area contributed by atoms with Gasteiger partial charge in [-0.2, -0.15) is 5.10 Å². The van der Waals surface area contributed by atoms with E-state index in [0.29, 0.717) is 13.0 Å². The zero-order valence-corrected chi connectivity index (χ0v) is 16.7. The van der Waals surface area contributed by atoms with Crippen LogP contribution in [0.5, 0.6) is 0 Å². The van der Waals surface area contributed by atoms with E-state index in [-0.39, 0.29) is 12.6 Å². The van der Waals surface area contributed by atoms with Crippen LogP contribution < -0.4 is 0 Å². The topological polar surface area (TPSA) is 44.5 Å². The van der Waals surface area contributed by atoms with Gasteiger partial charge in [-0.1, -0.05) is 13.0 Å². The van der Waals surface area contributed by atoms with E-state index in [1.807, 2.05) is 6.20 Å². The summed E-state index contributed by atoms with van der Waals surface area (Å²) in [4.78, 5) is 4.65. The minimum absolute atomic E-state index is 0.111. The number of hydrogen-bond acceptors (Lipinski definition) is 4. The van der Waals surface area contributed by atoms with Crippen molar-refractivity contribution in [3.63, 3.8) is 0 Å². The predicted molar refractivity (Wildman–Crippen MR) is 105 cm³/mol. The Hall–Kier alpha value is -1.83. The maximum absolute atomic E-state index is 13.5. The zero-order chi connectivity index (χ0) is 20.1. The van der Waals surface area contributed by atoms with Gasteiger partial charge in [0.1, 0.15) is 0 Å². The number of nitrogens with zero attached hydrogens (tertiary/aromatic N) is 4. The number of benzene rings is 1. The van der Waals surface area contributed by atoms with Crippen LogP contribution in [0.15, 0.2) is 24.4 Å². The Kier molecular flexibility index (Phi) is 7.15. The van der Waals surface area contributed by atoms with Gasteiger partial charge < -0.3 is 5.11 Å². The highest BCUT2D eigenvalue weighted by Gasteiger charge is 2.27. The summed E-state index contributed by atoms with van der Waals surface area (Å²) < 4.78 is 28.8. The lowest BCUT2D eigenvalue weighted by Crippen LogP contribution is -2.52. The Labute approximate surface area is 165 Å². The highest BCUT2D eigenvalue weighted by Crippen LogP contribution is 2.20. The normalized spacial score (nSPS) is 18.7. The summed E-state index contributed by atoms with van der Waals surface area (Å²) >= 11 is 0. The Morgan fingerprint density at radius 3 is 2.71 bits per heavy atom. The SMILES string of the molecule is CCCn1ncc(CN2CCN(Cc3ccc(F)c(F)c3)C(CCO)C2)c1C. The summed E-state index contributed by atoms with van der Waals surface area (Å²) in [5.74, 6) is -1.63. The van der Waals surface area contributed by atoms with Gasteiger partial charge in [-0.3, -0.25) is 14.5 Å². The average molecular weight is 392 g/mol. The van der Waals surface area contributed by atoms with Gasteiger partial charge in [-0.05, 0) is 37.5 Å². The molecule has 2 aromatic rings. The smallest absolute Gasteiger partial charge is 0.159 e. The molecule has 3 rings (SSSR count). The lowest BCUT2D eigenvalue weighted by molar-refractivity contribution is 0.0498. The van der Waals surface area contributed by atoms with Gasteiger partial charge in [0.05, 0.1) is 6.20 Å². The molecule has 1 aliphatic heterocycles. The van der Waals surface area contributed by atoms with Gasteiger partial charge in [0.25, 0.3) is 0 Å². The standard InChI is InChI=1S/C21H30F2N4O/c1-3-7-27-16(2)18(12-24-27)14-25-8-9-26(19(15-25)6-10-28)13-17-4-5-20(22)21(23)11-17/h4-5,11-12,19,28H,3,6-10,13-15H2,1-2H3. The molecule has 0 spiro atoms. The molecule has 154 valence electrons. The van der Waals surface area contributed by atoms with E-state index in [2.05, 4.69) is 33.4 Å². The fraction of sp³-hybridized carbons (Fsp3) is 0.571. The number of aryl methyl sites for hydroxylation is 1. The van der Waals surface area contributed by atoms with Crippen molar-refractivity contribution in [2.24, 2.45) is 0 Å². The number of piperazine rings is 1. The first-order valence-corrected chi connectivity index (χ1v) is 10.0. The van der Waals surface area contributed by atoms with Gasteiger partial charge in [-0.25, -0.2) is 8.78 Å². The molecule has 1 aromatic carbocycles. The summed E-state index contributed by atoms with van der Waals surface area (Å²) in [5.41, 5.74) is 3.21. The second kappa shape index (κ2) is 9.58. The van der Waals surface area contributed by atoms with Crippen molar-refractivity contribution in [2.45, 2.75) is 52.4 Å². The number of halogens is 2. The van der Waals surface area contributed by atoms with Crippen molar-refractivity contribution in [3.05, 3.63) is 52.9 Å². The Bertz CT molecular complexity index is 780. The molecule has 0 bridgehead atoms. The van der Waals surface area contributed by atoms with Crippen molar-refractivity contribution < 1.29 is 13.9 Å². The van der Waals surface area contributed by atoms with Gasteiger partial charge in [0.2, 0.25) is 0 Å². The summed E-state index contributed by atoms with van der Waals surface area (Å²) in [7, 11) is 0. The molecule has 1 unspecified atom stereocenters. The van der Waals surface area contributed by atoms with Crippen molar-refractivity contribution in [1.29, 1.82) is 0 Å². The van der Waals surface area contributed by atoms with Crippen molar-refractivity contribution in [3.8, 4) is 0 Å². The molecule has 0 saturated carbocycles. The van der Waals surface area contributed by atoms with E-state index < -0.39 is 11.6 Å². The fourth-order valence-corrected chi connectivity index (χ4v) is 3.92. The third-order valence-electron chi connectivity index (χ3n) is 5.55. The van der Waals surface area contributed by atoms with Crippen LogP contribution >= 0.6 is 0 Å². The number of aromatic nitrogens is 2. The highest BCUT2D eigenvalue weighted by atomic mass is 19.2. The third-order valence-corrected chi connectivity index (χ3v) is 5.55. The second-order valence-corrected chi connectivity index (χ2v) is 7.60. The molecule has 0 aliphatic carbocycles. The molecule has 0 radical (unpaired) electrons. The molecule has 0 amide bonds. The van der Waals surface area contributed by atoms with Crippen LogP contribution in [0.25, 0.3) is 0 Å². The third kappa shape index (κ3) is 4.96. The van der Waals surface area contributed by atoms with Crippen LogP contribution in [0.3, 0.4) is 0 Å². The highest BCUT2D eigenvalue weighted by molar-refractivity contribution is 5.18. The number of aliphatic hydroxyl groups excluding tert-OH is 1. The van der Waals surface area contributed by atoms with E-state index in [0.717, 1.165) is 44.7 Å². The maximum Gasteiger partial charge on any atom is 0.159 e. The summed E-state index contributed by atoms with van der Waals surface area (Å²) in [6.07, 6.45) is 3.68. The zero-order valence-electron chi connectivity index (χ0n) is 16.7. The number of aliphatic hydroxyl groups is 1.